The molecule has 0 atom stereocenters. The standard InChI is InChI=1S/C16H25O5P/c1-4-7-8-15(17)13-14-9-11-16(12-10-14)21-22(18,19-5-2)20-6-3/h9-12H,4-8,13H2,1-3H3. The van der Waals surface area contributed by atoms with E-state index in [4.69, 9.17) is 13.6 Å². The number of ketones is 1. The molecule has 0 amide bonds. The quantitative estimate of drug-likeness (QED) is 0.558. The molecule has 0 bridgehead atoms. The van der Waals surface area contributed by atoms with E-state index in [9.17, 15) is 9.36 Å². The van der Waals surface area contributed by atoms with Gasteiger partial charge in [-0.05, 0) is 38.0 Å². The number of carbonyl (C=O) groups excluding carboxylic acids is 1. The Morgan fingerprint density at radius 2 is 1.64 bits per heavy atom. The van der Waals surface area contributed by atoms with Crippen LogP contribution in [0.4, 0.5) is 0 Å². The van der Waals surface area contributed by atoms with Gasteiger partial charge in [0.15, 0.2) is 0 Å². The molecule has 0 spiro atoms. The van der Waals surface area contributed by atoms with Crippen molar-refractivity contribution < 1.29 is 22.9 Å². The van der Waals surface area contributed by atoms with Gasteiger partial charge in [-0.1, -0.05) is 25.5 Å². The lowest BCUT2D eigenvalue weighted by molar-refractivity contribution is -0.118. The Kier molecular flexibility index (Phi) is 8.39. The summed E-state index contributed by atoms with van der Waals surface area (Å²) in [6.07, 6.45) is 2.96. The van der Waals surface area contributed by atoms with Crippen LogP contribution < -0.4 is 4.52 Å². The lowest BCUT2D eigenvalue weighted by Crippen LogP contribution is -2.03. The smallest absolute Gasteiger partial charge is 0.404 e. The molecule has 0 aromatic heterocycles. The Morgan fingerprint density at radius 3 is 2.14 bits per heavy atom. The molecule has 5 nitrogen and oxygen atoms in total. The Labute approximate surface area is 132 Å². The van der Waals surface area contributed by atoms with Crippen LogP contribution in [0.5, 0.6) is 5.75 Å². The van der Waals surface area contributed by atoms with Crippen molar-refractivity contribution in [3.8, 4) is 5.75 Å². The van der Waals surface area contributed by atoms with Gasteiger partial charge in [0.05, 0.1) is 13.2 Å². The van der Waals surface area contributed by atoms with Gasteiger partial charge < -0.3 is 4.52 Å². The number of phosphoric acid groups is 1. The summed E-state index contributed by atoms with van der Waals surface area (Å²) in [6, 6.07) is 6.93. The molecule has 0 heterocycles. The molecule has 0 radical (unpaired) electrons. The van der Waals surface area contributed by atoms with Crippen molar-refractivity contribution in [2.24, 2.45) is 0 Å². The zero-order valence-corrected chi connectivity index (χ0v) is 14.4. The second-order valence-electron chi connectivity index (χ2n) is 4.84. The van der Waals surface area contributed by atoms with Gasteiger partial charge in [-0.25, -0.2) is 4.57 Å². The largest absolute Gasteiger partial charge is 0.530 e. The number of hydrogen-bond acceptors (Lipinski definition) is 5. The van der Waals surface area contributed by atoms with Crippen molar-refractivity contribution in [3.63, 3.8) is 0 Å². The first-order valence-corrected chi connectivity index (χ1v) is 9.18. The first-order valence-electron chi connectivity index (χ1n) is 7.72. The van der Waals surface area contributed by atoms with Crippen LogP contribution in [0.1, 0.15) is 45.6 Å². The van der Waals surface area contributed by atoms with Crippen LogP contribution >= 0.6 is 7.82 Å². The van der Waals surface area contributed by atoms with Gasteiger partial charge in [-0.2, -0.15) is 0 Å². The highest BCUT2D eigenvalue weighted by Crippen LogP contribution is 2.49. The lowest BCUT2D eigenvalue weighted by atomic mass is 10.1. The summed E-state index contributed by atoms with van der Waals surface area (Å²) in [6.45, 7) is 5.98. The average molecular weight is 328 g/mol. The fraction of sp³-hybridized carbons (Fsp3) is 0.562. The van der Waals surface area contributed by atoms with Crippen molar-refractivity contribution in [2.75, 3.05) is 13.2 Å². The van der Waals surface area contributed by atoms with E-state index < -0.39 is 7.82 Å². The minimum absolute atomic E-state index is 0.227. The van der Waals surface area contributed by atoms with Gasteiger partial charge in [-0.3, -0.25) is 13.8 Å². The maximum Gasteiger partial charge on any atom is 0.530 e. The normalized spacial score (nSPS) is 11.4. The van der Waals surface area contributed by atoms with Gasteiger partial charge in [-0.15, -0.1) is 0 Å². The van der Waals surface area contributed by atoms with Crippen molar-refractivity contribution in [2.45, 2.75) is 46.5 Å². The molecular formula is C16H25O5P. The van der Waals surface area contributed by atoms with E-state index in [2.05, 4.69) is 6.92 Å². The average Bonchev–Trinajstić information content (AvgIpc) is 2.47. The summed E-state index contributed by atoms with van der Waals surface area (Å²) >= 11 is 0. The summed E-state index contributed by atoms with van der Waals surface area (Å²) in [5.74, 6) is 0.625. The summed E-state index contributed by atoms with van der Waals surface area (Å²) in [5.41, 5.74) is 0.913. The second-order valence-corrected chi connectivity index (χ2v) is 6.43. The number of carbonyl (C=O) groups is 1. The Hall–Kier alpha value is -1.16. The first kappa shape index (κ1) is 18.9. The summed E-state index contributed by atoms with van der Waals surface area (Å²) < 4.78 is 27.7. The monoisotopic (exact) mass is 328 g/mol. The van der Waals surface area contributed by atoms with Crippen LogP contribution in [-0.2, 0) is 24.8 Å². The Morgan fingerprint density at radius 1 is 1.05 bits per heavy atom. The molecule has 0 fully saturated rings. The van der Waals surface area contributed by atoms with Crippen LogP contribution in [0.25, 0.3) is 0 Å². The van der Waals surface area contributed by atoms with Crippen LogP contribution in [0.15, 0.2) is 24.3 Å². The maximum absolute atomic E-state index is 12.2. The zero-order chi connectivity index (χ0) is 16.4. The maximum atomic E-state index is 12.2. The zero-order valence-electron chi connectivity index (χ0n) is 13.5. The molecule has 1 aromatic rings. The van der Waals surface area contributed by atoms with E-state index in [1.807, 2.05) is 0 Å². The van der Waals surface area contributed by atoms with E-state index in [1.54, 1.807) is 38.1 Å². The van der Waals surface area contributed by atoms with Crippen LogP contribution in [-0.4, -0.2) is 19.0 Å². The topological polar surface area (TPSA) is 61.8 Å². The Balaban J connectivity index is 2.64. The molecule has 1 aromatic carbocycles. The fourth-order valence-electron chi connectivity index (χ4n) is 1.89. The molecular weight excluding hydrogens is 303 g/mol. The van der Waals surface area contributed by atoms with E-state index in [0.717, 1.165) is 18.4 Å². The second kappa shape index (κ2) is 9.78. The van der Waals surface area contributed by atoms with E-state index >= 15 is 0 Å². The van der Waals surface area contributed by atoms with Crippen LogP contribution in [0.2, 0.25) is 0 Å². The van der Waals surface area contributed by atoms with Crippen molar-refractivity contribution >= 4 is 13.6 Å². The molecule has 0 aliphatic carbocycles. The number of Topliss-reactive ketones (excluding diaryl/α,β-unsaturated/α-hetero) is 1. The van der Waals surface area contributed by atoms with Gasteiger partial charge in [0.2, 0.25) is 0 Å². The van der Waals surface area contributed by atoms with Crippen molar-refractivity contribution in [3.05, 3.63) is 29.8 Å². The Bertz CT molecular complexity index is 488. The number of benzene rings is 1. The third-order valence-corrected chi connectivity index (χ3v) is 4.51. The van der Waals surface area contributed by atoms with Crippen LogP contribution in [0, 0.1) is 0 Å². The van der Waals surface area contributed by atoms with Crippen molar-refractivity contribution in [1.82, 2.24) is 0 Å². The molecule has 0 unspecified atom stereocenters. The molecule has 1 rings (SSSR count). The minimum atomic E-state index is -3.57. The molecule has 0 aliphatic rings. The molecule has 0 saturated heterocycles. The molecule has 124 valence electrons. The number of hydrogen-bond donors (Lipinski definition) is 0. The van der Waals surface area contributed by atoms with Gasteiger partial charge >= 0.3 is 7.82 Å². The van der Waals surface area contributed by atoms with E-state index in [-0.39, 0.29) is 19.0 Å². The molecule has 6 heteroatoms. The van der Waals surface area contributed by atoms with Crippen LogP contribution in [0.3, 0.4) is 0 Å². The lowest BCUT2D eigenvalue weighted by Gasteiger charge is -2.17. The fourth-order valence-corrected chi connectivity index (χ4v) is 3.09. The van der Waals surface area contributed by atoms with Gasteiger partial charge in [0.25, 0.3) is 0 Å². The highest BCUT2D eigenvalue weighted by Gasteiger charge is 2.27. The molecule has 0 N–H and O–H groups in total. The number of unbranched alkanes of at least 4 members (excludes halogenated alkanes) is 1. The third-order valence-electron chi connectivity index (χ3n) is 2.93. The third kappa shape index (κ3) is 6.73. The summed E-state index contributed by atoms with van der Waals surface area (Å²) in [5, 5.41) is 0. The van der Waals surface area contributed by atoms with E-state index in [0.29, 0.717) is 18.6 Å². The molecule has 0 saturated carbocycles. The minimum Gasteiger partial charge on any atom is -0.404 e. The predicted molar refractivity (Wildman–Crippen MR) is 86.2 cm³/mol. The molecule has 22 heavy (non-hydrogen) atoms. The number of phosphoric ester groups is 1. The summed E-state index contributed by atoms with van der Waals surface area (Å²) in [7, 11) is -3.57. The van der Waals surface area contributed by atoms with Crippen molar-refractivity contribution in [1.29, 1.82) is 0 Å². The highest BCUT2D eigenvalue weighted by molar-refractivity contribution is 7.48. The summed E-state index contributed by atoms with van der Waals surface area (Å²) in [4.78, 5) is 11.7. The first-order chi connectivity index (χ1) is 10.5. The highest BCUT2D eigenvalue weighted by atomic mass is 31.2. The van der Waals surface area contributed by atoms with E-state index in [1.165, 1.54) is 0 Å². The number of rotatable bonds is 11. The molecule has 0 aliphatic heterocycles. The van der Waals surface area contributed by atoms with Gasteiger partial charge in [0.1, 0.15) is 11.5 Å². The van der Waals surface area contributed by atoms with Gasteiger partial charge in [0, 0.05) is 12.8 Å². The predicted octanol–water partition coefficient (Wildman–Crippen LogP) is 4.55. The SMILES string of the molecule is CCCCC(=O)Cc1ccc(OP(=O)(OCC)OCC)cc1.